The van der Waals surface area contributed by atoms with E-state index in [2.05, 4.69) is 16.5 Å². The molecule has 0 unspecified atom stereocenters. The molecule has 0 saturated carbocycles. The van der Waals surface area contributed by atoms with E-state index < -0.39 is 46.9 Å². The van der Waals surface area contributed by atoms with Crippen LogP contribution in [0.25, 0.3) is 5.57 Å². The highest BCUT2D eigenvalue weighted by Crippen LogP contribution is 2.41. The second kappa shape index (κ2) is 5.15. The van der Waals surface area contributed by atoms with Crippen LogP contribution in [-0.4, -0.2) is 9.97 Å². The molecule has 1 aromatic rings. The molecule has 0 fully saturated rings. The third kappa shape index (κ3) is 3.46. The summed E-state index contributed by atoms with van der Waals surface area (Å²) in [7, 11) is 0. The Balaban J connectivity index is 3.96. The standard InChI is InChI=1S/C10H2F9N3/c1-3(2-20)4-5(8(11,12)13)21-7(10(17,18)19)22-6(4)9(14,15)16/h1H2. The lowest BCUT2D eigenvalue weighted by atomic mass is 10.0. The van der Waals surface area contributed by atoms with E-state index >= 15 is 0 Å². The molecule has 0 atom stereocenters. The lowest BCUT2D eigenvalue weighted by Crippen LogP contribution is -2.25. The summed E-state index contributed by atoms with van der Waals surface area (Å²) in [6.07, 6.45) is -17.0. The molecule has 0 saturated heterocycles. The maximum absolute atomic E-state index is 12.7. The van der Waals surface area contributed by atoms with Crippen LogP contribution < -0.4 is 0 Å². The Morgan fingerprint density at radius 1 is 0.818 bits per heavy atom. The lowest BCUT2D eigenvalue weighted by molar-refractivity contribution is -0.159. The third-order valence-corrected chi connectivity index (χ3v) is 2.14. The average Bonchev–Trinajstić information content (AvgIpc) is 2.33. The molecule has 0 radical (unpaired) electrons. The summed E-state index contributed by atoms with van der Waals surface area (Å²) < 4.78 is 113. The highest BCUT2D eigenvalue weighted by molar-refractivity contribution is 5.78. The van der Waals surface area contributed by atoms with Crippen molar-refractivity contribution in [3.8, 4) is 6.07 Å². The van der Waals surface area contributed by atoms with Crippen LogP contribution in [0.4, 0.5) is 39.5 Å². The lowest BCUT2D eigenvalue weighted by Gasteiger charge is -2.18. The van der Waals surface area contributed by atoms with Gasteiger partial charge in [0.15, 0.2) is 11.4 Å². The molecule has 0 aliphatic rings. The molecule has 1 heterocycles. The second-order valence-electron chi connectivity index (χ2n) is 3.70. The third-order valence-electron chi connectivity index (χ3n) is 2.14. The number of rotatable bonds is 1. The van der Waals surface area contributed by atoms with Gasteiger partial charge in [-0.3, -0.25) is 0 Å². The summed E-state index contributed by atoms with van der Waals surface area (Å²) in [6.45, 7) is 2.66. The number of hydrogen-bond acceptors (Lipinski definition) is 3. The molecule has 22 heavy (non-hydrogen) atoms. The quantitative estimate of drug-likeness (QED) is 0.574. The van der Waals surface area contributed by atoms with Crippen LogP contribution in [0.15, 0.2) is 6.58 Å². The van der Waals surface area contributed by atoms with Crippen molar-refractivity contribution in [3.63, 3.8) is 0 Å². The van der Waals surface area contributed by atoms with E-state index in [9.17, 15) is 39.5 Å². The van der Waals surface area contributed by atoms with E-state index in [4.69, 9.17) is 5.26 Å². The Labute approximate surface area is 115 Å². The number of nitriles is 1. The predicted molar refractivity (Wildman–Crippen MR) is 51.7 cm³/mol. The molecule has 1 aromatic heterocycles. The van der Waals surface area contributed by atoms with Crippen LogP contribution in [0.1, 0.15) is 22.8 Å². The largest absolute Gasteiger partial charge is 0.451 e. The topological polar surface area (TPSA) is 49.6 Å². The first kappa shape index (κ1) is 17.7. The van der Waals surface area contributed by atoms with Gasteiger partial charge in [-0.05, 0) is 0 Å². The van der Waals surface area contributed by atoms with Gasteiger partial charge in [-0.1, -0.05) is 6.58 Å². The molecule has 1 rings (SSSR count). The minimum Gasteiger partial charge on any atom is -0.219 e. The zero-order valence-corrected chi connectivity index (χ0v) is 9.95. The van der Waals surface area contributed by atoms with Crippen molar-refractivity contribution >= 4 is 5.57 Å². The molecule has 0 spiro atoms. The number of alkyl halides is 9. The summed E-state index contributed by atoms with van der Waals surface area (Å²) in [4.78, 5) is 4.17. The molecular weight excluding hydrogens is 333 g/mol. The summed E-state index contributed by atoms with van der Waals surface area (Å²) in [5, 5.41) is 8.44. The van der Waals surface area contributed by atoms with Crippen molar-refractivity contribution in [1.29, 1.82) is 5.26 Å². The fourth-order valence-electron chi connectivity index (χ4n) is 1.34. The van der Waals surface area contributed by atoms with E-state index in [0.29, 0.717) is 0 Å². The van der Waals surface area contributed by atoms with Gasteiger partial charge < -0.3 is 0 Å². The zero-order chi connectivity index (χ0) is 17.5. The van der Waals surface area contributed by atoms with Crippen molar-refractivity contribution in [3.05, 3.63) is 29.4 Å². The Morgan fingerprint density at radius 2 is 1.18 bits per heavy atom. The summed E-state index contributed by atoms with van der Waals surface area (Å²) in [5.41, 5.74) is -8.37. The summed E-state index contributed by atoms with van der Waals surface area (Å²) >= 11 is 0. The van der Waals surface area contributed by atoms with Gasteiger partial charge in [0.05, 0.1) is 17.2 Å². The minimum absolute atomic E-state index is 0.909. The first-order valence-electron chi connectivity index (χ1n) is 4.92. The number of nitrogens with zero attached hydrogens (tertiary/aromatic N) is 3. The SMILES string of the molecule is C=C(C#N)c1c(C(F)(F)F)nc(C(F)(F)F)nc1C(F)(F)F. The van der Waals surface area contributed by atoms with Gasteiger partial charge in [0.2, 0.25) is 5.82 Å². The fourth-order valence-corrected chi connectivity index (χ4v) is 1.34. The summed E-state index contributed by atoms with van der Waals surface area (Å²) in [6, 6.07) is 0.909. The van der Waals surface area contributed by atoms with Crippen molar-refractivity contribution in [2.75, 3.05) is 0 Å². The van der Waals surface area contributed by atoms with Crippen LogP contribution in [0.5, 0.6) is 0 Å². The van der Waals surface area contributed by atoms with E-state index in [0.717, 1.165) is 6.07 Å². The Hall–Kier alpha value is -2.32. The van der Waals surface area contributed by atoms with E-state index in [1.807, 2.05) is 0 Å². The number of aromatic nitrogens is 2. The maximum Gasteiger partial charge on any atom is 0.451 e. The minimum atomic E-state index is -5.68. The van der Waals surface area contributed by atoms with Crippen LogP contribution in [-0.2, 0) is 18.5 Å². The molecule has 0 amide bonds. The highest BCUT2D eigenvalue weighted by atomic mass is 19.4. The molecule has 120 valence electrons. The Morgan fingerprint density at radius 3 is 1.41 bits per heavy atom. The van der Waals surface area contributed by atoms with Crippen molar-refractivity contribution in [2.24, 2.45) is 0 Å². The van der Waals surface area contributed by atoms with Gasteiger partial charge in [0.25, 0.3) is 0 Å². The Kier molecular flexibility index (Phi) is 4.15. The molecule has 3 nitrogen and oxygen atoms in total. The van der Waals surface area contributed by atoms with Crippen LogP contribution in [0, 0.1) is 11.3 Å². The molecular formula is C10H2F9N3. The second-order valence-corrected chi connectivity index (χ2v) is 3.70. The summed E-state index contributed by atoms with van der Waals surface area (Å²) in [5.74, 6) is -2.62. The first-order valence-corrected chi connectivity index (χ1v) is 4.92. The van der Waals surface area contributed by atoms with Gasteiger partial charge in [0.1, 0.15) is 0 Å². The molecule has 12 heteroatoms. The normalized spacial score (nSPS) is 12.9. The van der Waals surface area contributed by atoms with Crippen molar-refractivity contribution < 1.29 is 39.5 Å². The molecule has 0 aromatic carbocycles. The van der Waals surface area contributed by atoms with E-state index in [-0.39, 0.29) is 0 Å². The van der Waals surface area contributed by atoms with Crippen LogP contribution in [0.3, 0.4) is 0 Å². The number of hydrogen-bond donors (Lipinski definition) is 0. The Bertz CT molecular complexity index is 611. The molecule has 0 N–H and O–H groups in total. The van der Waals surface area contributed by atoms with Gasteiger partial charge in [-0.15, -0.1) is 0 Å². The van der Waals surface area contributed by atoms with E-state index in [1.165, 1.54) is 0 Å². The van der Waals surface area contributed by atoms with Crippen molar-refractivity contribution in [1.82, 2.24) is 9.97 Å². The molecule has 0 aliphatic heterocycles. The monoisotopic (exact) mass is 335 g/mol. The van der Waals surface area contributed by atoms with Crippen LogP contribution in [0.2, 0.25) is 0 Å². The zero-order valence-electron chi connectivity index (χ0n) is 9.95. The van der Waals surface area contributed by atoms with Crippen LogP contribution >= 0.6 is 0 Å². The first-order chi connectivity index (χ1) is 9.69. The van der Waals surface area contributed by atoms with Gasteiger partial charge in [-0.2, -0.15) is 44.8 Å². The smallest absolute Gasteiger partial charge is 0.219 e. The fraction of sp³-hybridized carbons (Fsp3) is 0.300. The van der Waals surface area contributed by atoms with Gasteiger partial charge >= 0.3 is 18.5 Å². The highest BCUT2D eigenvalue weighted by Gasteiger charge is 2.48. The average molecular weight is 335 g/mol. The number of halogens is 9. The molecule has 0 aliphatic carbocycles. The number of allylic oxidation sites excluding steroid dienone is 1. The molecule has 0 bridgehead atoms. The van der Waals surface area contributed by atoms with Crippen molar-refractivity contribution in [2.45, 2.75) is 18.5 Å². The van der Waals surface area contributed by atoms with Gasteiger partial charge in [0, 0.05) is 0 Å². The maximum atomic E-state index is 12.7. The predicted octanol–water partition coefficient (Wildman–Crippen LogP) is 4.07. The van der Waals surface area contributed by atoms with Gasteiger partial charge in [-0.25, -0.2) is 9.97 Å². The van der Waals surface area contributed by atoms with E-state index in [1.54, 1.807) is 0 Å².